The number of rotatable bonds is 21. The summed E-state index contributed by atoms with van der Waals surface area (Å²) in [7, 11) is 0. The number of aliphatic hydroxyl groups excluding tert-OH is 2. The van der Waals surface area contributed by atoms with Crippen molar-refractivity contribution in [3.8, 4) is 0 Å². The monoisotopic (exact) mass is 389 g/mol. The Kier molecular flexibility index (Phi) is 19.8. The molecular weight excluding hydrogens is 346 g/mol. The number of aliphatic hydroxyl groups is 2. The van der Waals surface area contributed by atoms with Gasteiger partial charge >= 0.3 is 0 Å². The van der Waals surface area contributed by atoms with Crippen LogP contribution in [0.25, 0.3) is 0 Å². The molecule has 0 aromatic carbocycles. The molecule has 162 valence electrons. The number of hydrogen-bond acceptors (Lipinski definition) is 6. The lowest BCUT2D eigenvalue weighted by molar-refractivity contribution is -0.384. The van der Waals surface area contributed by atoms with Gasteiger partial charge in [-0.3, -0.25) is 14.5 Å². The molecular formula is C21H43NO5. The van der Waals surface area contributed by atoms with Crippen LogP contribution in [-0.2, 0) is 14.5 Å². The van der Waals surface area contributed by atoms with E-state index in [2.05, 4.69) is 6.92 Å². The summed E-state index contributed by atoms with van der Waals surface area (Å²) in [5.74, 6) is 0.0873. The van der Waals surface area contributed by atoms with E-state index in [4.69, 9.17) is 19.9 Å². The second-order valence-corrected chi connectivity index (χ2v) is 7.07. The van der Waals surface area contributed by atoms with Crippen LogP contribution >= 0.6 is 0 Å². The van der Waals surface area contributed by atoms with E-state index in [0.717, 1.165) is 18.1 Å². The van der Waals surface area contributed by atoms with Gasteiger partial charge in [-0.05, 0) is 12.8 Å². The minimum Gasteiger partial charge on any atom is -0.394 e. The molecule has 1 unspecified atom stereocenters. The summed E-state index contributed by atoms with van der Waals surface area (Å²) in [4.78, 5) is 23.1. The Morgan fingerprint density at radius 3 is 1.63 bits per heavy atom. The van der Waals surface area contributed by atoms with Gasteiger partial charge < -0.3 is 10.2 Å². The second-order valence-electron chi connectivity index (χ2n) is 7.07. The predicted molar refractivity (Wildman–Crippen MR) is 108 cm³/mol. The van der Waals surface area contributed by atoms with Crippen molar-refractivity contribution in [2.24, 2.45) is 0 Å². The standard InChI is InChI=1S/C21H43NO5/c1-3-5-6-7-8-9-10-11-12-13-14-15-21(25)20(4-2)22(26-18-16-23)27-19-17-24/h20,23-24H,3-19H2,1-2H3. The van der Waals surface area contributed by atoms with E-state index in [1.807, 2.05) is 6.92 Å². The summed E-state index contributed by atoms with van der Waals surface area (Å²) in [6, 6.07) is -0.494. The van der Waals surface area contributed by atoms with E-state index in [0.29, 0.717) is 12.8 Å². The summed E-state index contributed by atoms with van der Waals surface area (Å²) in [5, 5.41) is 19.0. The molecule has 1 atom stereocenters. The highest BCUT2D eigenvalue weighted by Gasteiger charge is 2.25. The first kappa shape index (κ1) is 26.5. The van der Waals surface area contributed by atoms with Crippen molar-refractivity contribution in [2.75, 3.05) is 26.4 Å². The number of carbonyl (C=O) groups excluding carboxylic acids is 1. The van der Waals surface area contributed by atoms with Crippen LogP contribution in [0.4, 0.5) is 0 Å². The van der Waals surface area contributed by atoms with Crippen molar-refractivity contribution in [1.82, 2.24) is 5.23 Å². The summed E-state index contributed by atoms with van der Waals surface area (Å²) in [6.45, 7) is 3.97. The minimum absolute atomic E-state index is 0.0631. The molecule has 27 heavy (non-hydrogen) atoms. The van der Waals surface area contributed by atoms with Gasteiger partial charge in [0.05, 0.1) is 26.4 Å². The van der Waals surface area contributed by atoms with Crippen LogP contribution in [0.15, 0.2) is 0 Å². The van der Waals surface area contributed by atoms with E-state index in [1.165, 1.54) is 57.8 Å². The molecule has 0 aromatic rings. The lowest BCUT2D eigenvalue weighted by Gasteiger charge is -2.27. The quantitative estimate of drug-likeness (QED) is 0.226. The van der Waals surface area contributed by atoms with E-state index in [9.17, 15) is 4.79 Å². The first-order valence-corrected chi connectivity index (χ1v) is 11.0. The van der Waals surface area contributed by atoms with Crippen LogP contribution in [0, 0.1) is 0 Å². The molecule has 0 bridgehead atoms. The predicted octanol–water partition coefficient (Wildman–Crippen LogP) is 4.19. The minimum atomic E-state index is -0.494. The maximum atomic E-state index is 12.5. The maximum absolute atomic E-state index is 12.5. The number of carbonyl (C=O) groups is 1. The van der Waals surface area contributed by atoms with Gasteiger partial charge in [-0.25, -0.2) is 0 Å². The summed E-state index contributed by atoms with van der Waals surface area (Å²) < 4.78 is 0. The Bertz CT molecular complexity index is 320. The number of Topliss-reactive ketones (excluding diaryl/α,β-unsaturated/α-hetero) is 1. The fraction of sp³-hybridized carbons (Fsp3) is 0.952. The lowest BCUT2D eigenvalue weighted by atomic mass is 10.0. The summed E-state index contributed by atoms with van der Waals surface area (Å²) >= 11 is 0. The third kappa shape index (κ3) is 15.1. The summed E-state index contributed by atoms with van der Waals surface area (Å²) in [5.41, 5.74) is 0. The van der Waals surface area contributed by atoms with E-state index < -0.39 is 6.04 Å². The maximum Gasteiger partial charge on any atom is 0.154 e. The fourth-order valence-electron chi connectivity index (χ4n) is 3.10. The van der Waals surface area contributed by atoms with Gasteiger partial charge in [0.25, 0.3) is 0 Å². The topological polar surface area (TPSA) is 79.2 Å². The van der Waals surface area contributed by atoms with E-state index >= 15 is 0 Å². The van der Waals surface area contributed by atoms with Crippen molar-refractivity contribution in [3.63, 3.8) is 0 Å². The molecule has 0 rings (SSSR count). The van der Waals surface area contributed by atoms with Crippen LogP contribution in [0.5, 0.6) is 0 Å². The molecule has 0 spiro atoms. The van der Waals surface area contributed by atoms with Crippen LogP contribution in [0.2, 0.25) is 0 Å². The fourth-order valence-corrected chi connectivity index (χ4v) is 3.10. The molecule has 0 saturated carbocycles. The average Bonchev–Trinajstić information content (AvgIpc) is 2.68. The largest absolute Gasteiger partial charge is 0.394 e. The second kappa shape index (κ2) is 20.2. The van der Waals surface area contributed by atoms with Gasteiger partial charge in [0, 0.05) is 6.42 Å². The van der Waals surface area contributed by atoms with Crippen molar-refractivity contribution < 1.29 is 24.7 Å². The number of hydroxylamine groups is 2. The Labute approximate surface area is 166 Å². The highest BCUT2D eigenvalue weighted by Crippen LogP contribution is 2.15. The van der Waals surface area contributed by atoms with Gasteiger partial charge in [0.2, 0.25) is 0 Å². The van der Waals surface area contributed by atoms with Crippen molar-refractivity contribution in [3.05, 3.63) is 0 Å². The normalized spacial score (nSPS) is 12.6. The zero-order valence-electron chi connectivity index (χ0n) is 17.7. The molecule has 2 N–H and O–H groups in total. The lowest BCUT2D eigenvalue weighted by Crippen LogP contribution is -2.42. The third-order valence-corrected chi connectivity index (χ3v) is 4.66. The molecule has 0 aliphatic rings. The number of ketones is 1. The SMILES string of the molecule is CCCCCCCCCCCCCC(=O)C(CC)N(OCCO)OCCO. The van der Waals surface area contributed by atoms with Crippen LogP contribution < -0.4 is 0 Å². The van der Waals surface area contributed by atoms with Crippen molar-refractivity contribution >= 4 is 5.78 Å². The first-order valence-electron chi connectivity index (χ1n) is 11.0. The van der Waals surface area contributed by atoms with E-state index in [1.54, 1.807) is 0 Å². The Morgan fingerprint density at radius 1 is 0.778 bits per heavy atom. The Hall–Kier alpha value is -0.530. The van der Waals surface area contributed by atoms with Crippen LogP contribution in [-0.4, -0.2) is 53.7 Å². The molecule has 0 aliphatic carbocycles. The van der Waals surface area contributed by atoms with Crippen molar-refractivity contribution in [1.29, 1.82) is 0 Å². The highest BCUT2D eigenvalue weighted by atomic mass is 17.0. The molecule has 6 heteroatoms. The highest BCUT2D eigenvalue weighted by molar-refractivity contribution is 5.83. The third-order valence-electron chi connectivity index (χ3n) is 4.66. The average molecular weight is 390 g/mol. The number of unbranched alkanes of at least 4 members (excludes halogenated alkanes) is 10. The van der Waals surface area contributed by atoms with Crippen LogP contribution in [0.3, 0.4) is 0 Å². The summed E-state index contributed by atoms with van der Waals surface area (Å²) in [6.07, 6.45) is 14.9. The molecule has 0 amide bonds. The Morgan fingerprint density at radius 2 is 1.22 bits per heavy atom. The number of hydrogen-bond donors (Lipinski definition) is 2. The van der Waals surface area contributed by atoms with Crippen molar-refractivity contribution in [2.45, 2.75) is 103 Å². The van der Waals surface area contributed by atoms with Gasteiger partial charge in [0.15, 0.2) is 5.78 Å². The van der Waals surface area contributed by atoms with Gasteiger partial charge in [-0.15, -0.1) is 0 Å². The smallest absolute Gasteiger partial charge is 0.154 e. The molecule has 0 saturated heterocycles. The first-order chi connectivity index (χ1) is 13.2. The van der Waals surface area contributed by atoms with E-state index in [-0.39, 0.29) is 32.2 Å². The molecule has 0 radical (unpaired) electrons. The van der Waals surface area contributed by atoms with Crippen LogP contribution in [0.1, 0.15) is 97.3 Å². The zero-order chi connectivity index (χ0) is 20.2. The molecule has 0 heterocycles. The molecule has 0 aromatic heterocycles. The van der Waals surface area contributed by atoms with Gasteiger partial charge in [-0.2, -0.15) is 0 Å². The van der Waals surface area contributed by atoms with Gasteiger partial charge in [0.1, 0.15) is 6.04 Å². The Balaban J connectivity index is 3.88. The molecule has 0 fully saturated rings. The molecule has 0 aliphatic heterocycles. The zero-order valence-corrected chi connectivity index (χ0v) is 17.7. The molecule has 6 nitrogen and oxygen atoms in total. The van der Waals surface area contributed by atoms with Gasteiger partial charge in [-0.1, -0.05) is 83.3 Å². The number of nitrogens with zero attached hydrogens (tertiary/aromatic N) is 1.